The number of carbonyl (C=O) groups excluding carboxylic acids is 2. The van der Waals surface area contributed by atoms with Gasteiger partial charge in [0.25, 0.3) is 0 Å². The number of benzene rings is 2. The van der Waals surface area contributed by atoms with Crippen molar-refractivity contribution in [3.05, 3.63) is 65.7 Å². The van der Waals surface area contributed by atoms with Crippen molar-refractivity contribution < 1.29 is 22.8 Å². The van der Waals surface area contributed by atoms with E-state index < -0.39 is 29.0 Å². The number of halogens is 3. The minimum Gasteiger partial charge on any atom is -0.351 e. The van der Waals surface area contributed by atoms with Crippen molar-refractivity contribution in [2.24, 2.45) is 5.41 Å². The molecule has 0 aliphatic heterocycles. The van der Waals surface area contributed by atoms with E-state index in [1.54, 1.807) is 0 Å². The molecule has 3 rings (SSSR count). The van der Waals surface area contributed by atoms with Crippen LogP contribution in [0.25, 0.3) is 0 Å². The van der Waals surface area contributed by atoms with Crippen LogP contribution in [0, 0.1) is 5.41 Å². The second-order valence-corrected chi connectivity index (χ2v) is 6.28. The fourth-order valence-corrected chi connectivity index (χ4v) is 2.65. The molecule has 0 atom stereocenters. The molecule has 2 amide bonds. The van der Waals surface area contributed by atoms with E-state index in [-0.39, 0.29) is 12.2 Å². The summed E-state index contributed by atoms with van der Waals surface area (Å²) in [6.45, 7) is 0.290. The third-order valence-electron chi connectivity index (χ3n) is 4.36. The predicted octanol–water partition coefficient (Wildman–Crippen LogP) is 3.74. The highest BCUT2D eigenvalue weighted by Gasteiger charge is 2.56. The Balaban J connectivity index is 1.64. The minimum absolute atomic E-state index is 0.0203. The predicted molar refractivity (Wildman–Crippen MR) is 90.0 cm³/mol. The second-order valence-electron chi connectivity index (χ2n) is 6.28. The summed E-state index contributed by atoms with van der Waals surface area (Å²) in [5.41, 5.74) is -1.14. The summed E-state index contributed by atoms with van der Waals surface area (Å²) in [6.07, 6.45) is -3.75. The maximum Gasteiger partial charge on any atom is 0.416 e. The van der Waals surface area contributed by atoms with E-state index >= 15 is 0 Å². The molecule has 2 aromatic carbocycles. The molecule has 4 nitrogen and oxygen atoms in total. The average Bonchev–Trinajstić information content (AvgIpc) is 3.42. The molecule has 0 saturated heterocycles. The van der Waals surface area contributed by atoms with Crippen molar-refractivity contribution in [1.82, 2.24) is 5.32 Å². The lowest BCUT2D eigenvalue weighted by molar-refractivity contribution is -0.138. The molecule has 26 heavy (non-hydrogen) atoms. The van der Waals surface area contributed by atoms with Crippen molar-refractivity contribution in [3.8, 4) is 0 Å². The molecule has 1 aliphatic carbocycles. The van der Waals surface area contributed by atoms with Gasteiger partial charge < -0.3 is 10.6 Å². The smallest absolute Gasteiger partial charge is 0.351 e. The quantitative estimate of drug-likeness (QED) is 0.796. The van der Waals surface area contributed by atoms with Crippen LogP contribution in [0.1, 0.15) is 24.0 Å². The fourth-order valence-electron chi connectivity index (χ4n) is 2.65. The molecule has 1 aliphatic rings. The maximum atomic E-state index is 12.8. The Morgan fingerprint density at radius 3 is 2.27 bits per heavy atom. The first-order valence-electron chi connectivity index (χ1n) is 8.12. The van der Waals surface area contributed by atoms with Crippen LogP contribution in [0.2, 0.25) is 0 Å². The number of hydrogen-bond donors (Lipinski definition) is 2. The highest BCUT2D eigenvalue weighted by molar-refractivity contribution is 6.13. The van der Waals surface area contributed by atoms with Gasteiger partial charge in [-0.25, -0.2) is 0 Å². The largest absolute Gasteiger partial charge is 0.416 e. The zero-order valence-electron chi connectivity index (χ0n) is 13.8. The zero-order chi connectivity index (χ0) is 18.8. The number of hydrogen-bond acceptors (Lipinski definition) is 2. The molecule has 2 N–H and O–H groups in total. The number of amides is 2. The molecule has 0 radical (unpaired) electrons. The van der Waals surface area contributed by atoms with Gasteiger partial charge in [0.05, 0.1) is 5.56 Å². The van der Waals surface area contributed by atoms with Gasteiger partial charge in [-0.2, -0.15) is 13.2 Å². The first-order valence-corrected chi connectivity index (χ1v) is 8.12. The second kappa shape index (κ2) is 6.82. The fraction of sp³-hybridized carbons (Fsp3) is 0.263. The van der Waals surface area contributed by atoms with Gasteiger partial charge >= 0.3 is 6.18 Å². The molecule has 136 valence electrons. The van der Waals surface area contributed by atoms with Crippen LogP contribution in [0.3, 0.4) is 0 Å². The maximum absolute atomic E-state index is 12.8. The lowest BCUT2D eigenvalue weighted by atomic mass is 10.0. The molecule has 0 spiro atoms. The van der Waals surface area contributed by atoms with Gasteiger partial charge in [0.1, 0.15) is 5.41 Å². The van der Waals surface area contributed by atoms with Gasteiger partial charge in [0.2, 0.25) is 11.8 Å². The summed E-state index contributed by atoms with van der Waals surface area (Å²) in [5.74, 6) is -0.992. The van der Waals surface area contributed by atoms with Crippen molar-refractivity contribution in [2.75, 3.05) is 5.32 Å². The Morgan fingerprint density at radius 1 is 0.962 bits per heavy atom. The van der Waals surface area contributed by atoms with Crippen LogP contribution in [-0.2, 0) is 22.3 Å². The third-order valence-corrected chi connectivity index (χ3v) is 4.36. The minimum atomic E-state index is -4.49. The van der Waals surface area contributed by atoms with E-state index in [0.29, 0.717) is 12.8 Å². The summed E-state index contributed by atoms with van der Waals surface area (Å²) in [7, 11) is 0. The van der Waals surface area contributed by atoms with Crippen molar-refractivity contribution in [3.63, 3.8) is 0 Å². The average molecular weight is 362 g/mol. The van der Waals surface area contributed by atoms with E-state index in [1.165, 1.54) is 12.1 Å². The first-order chi connectivity index (χ1) is 12.3. The van der Waals surface area contributed by atoms with Crippen LogP contribution < -0.4 is 10.6 Å². The van der Waals surface area contributed by atoms with Gasteiger partial charge in [0.15, 0.2) is 0 Å². The highest BCUT2D eigenvalue weighted by atomic mass is 19.4. The molecule has 0 heterocycles. The summed E-state index contributed by atoms with van der Waals surface area (Å²) >= 11 is 0. The molecular formula is C19H17F3N2O2. The number of anilines is 1. The normalized spacial score (nSPS) is 15.2. The Hall–Kier alpha value is -2.83. The standard InChI is InChI=1S/C19H17F3N2O2/c20-19(21,22)14-7-4-8-15(11-14)24-17(26)18(9-10-18)16(25)23-12-13-5-2-1-3-6-13/h1-8,11H,9-10,12H2,(H,23,25)(H,24,26). The molecule has 0 aromatic heterocycles. The zero-order valence-corrected chi connectivity index (χ0v) is 13.8. The Morgan fingerprint density at radius 2 is 1.65 bits per heavy atom. The van der Waals surface area contributed by atoms with Crippen LogP contribution in [-0.4, -0.2) is 11.8 Å². The van der Waals surface area contributed by atoms with Crippen LogP contribution in [0.4, 0.5) is 18.9 Å². The monoisotopic (exact) mass is 362 g/mol. The van der Waals surface area contributed by atoms with E-state index in [1.807, 2.05) is 30.3 Å². The third kappa shape index (κ3) is 3.87. The molecule has 0 bridgehead atoms. The lowest BCUT2D eigenvalue weighted by Crippen LogP contribution is -2.39. The van der Waals surface area contributed by atoms with E-state index in [4.69, 9.17) is 0 Å². The summed E-state index contributed by atoms with van der Waals surface area (Å²) in [5, 5.41) is 5.16. The number of alkyl halides is 3. The van der Waals surface area contributed by atoms with Gasteiger partial charge in [-0.05, 0) is 36.6 Å². The van der Waals surface area contributed by atoms with Gasteiger partial charge in [-0.15, -0.1) is 0 Å². The first kappa shape index (κ1) is 18.0. The van der Waals surface area contributed by atoms with Gasteiger partial charge in [-0.1, -0.05) is 36.4 Å². The van der Waals surface area contributed by atoms with Crippen molar-refractivity contribution in [2.45, 2.75) is 25.6 Å². The molecule has 1 saturated carbocycles. The molecule has 1 fully saturated rings. The van der Waals surface area contributed by atoms with E-state index in [2.05, 4.69) is 10.6 Å². The molecule has 2 aromatic rings. The van der Waals surface area contributed by atoms with Crippen LogP contribution in [0.5, 0.6) is 0 Å². The SMILES string of the molecule is O=C(NCc1ccccc1)C1(C(=O)Nc2cccc(C(F)(F)F)c2)CC1. The summed E-state index contributed by atoms with van der Waals surface area (Å²) < 4.78 is 38.3. The summed E-state index contributed by atoms with van der Waals surface area (Å²) in [6, 6.07) is 13.6. The van der Waals surface area contributed by atoms with Crippen LogP contribution >= 0.6 is 0 Å². The Kier molecular flexibility index (Phi) is 4.71. The highest BCUT2D eigenvalue weighted by Crippen LogP contribution is 2.47. The van der Waals surface area contributed by atoms with Crippen molar-refractivity contribution in [1.29, 1.82) is 0 Å². The molecule has 0 unspecified atom stereocenters. The van der Waals surface area contributed by atoms with E-state index in [0.717, 1.165) is 17.7 Å². The Labute approximate surface area is 148 Å². The van der Waals surface area contributed by atoms with Crippen molar-refractivity contribution >= 4 is 17.5 Å². The summed E-state index contributed by atoms with van der Waals surface area (Å²) in [4.78, 5) is 24.9. The molecular weight excluding hydrogens is 345 g/mol. The number of nitrogens with one attached hydrogen (secondary N) is 2. The van der Waals surface area contributed by atoms with E-state index in [9.17, 15) is 22.8 Å². The number of carbonyl (C=O) groups is 2. The van der Waals surface area contributed by atoms with Gasteiger partial charge in [0, 0.05) is 12.2 Å². The lowest BCUT2D eigenvalue weighted by Gasteiger charge is -2.16. The van der Waals surface area contributed by atoms with Crippen LogP contribution in [0.15, 0.2) is 54.6 Å². The topological polar surface area (TPSA) is 58.2 Å². The Bertz CT molecular complexity index is 815. The number of rotatable bonds is 5. The molecule has 7 heteroatoms. The van der Waals surface area contributed by atoms with Gasteiger partial charge in [-0.3, -0.25) is 9.59 Å².